The van der Waals surface area contributed by atoms with E-state index in [0.29, 0.717) is 11.5 Å². The highest BCUT2D eigenvalue weighted by Crippen LogP contribution is 2.34. The molecule has 2 aromatic rings. The van der Waals surface area contributed by atoms with Gasteiger partial charge in [0.05, 0.1) is 31.7 Å². The Bertz CT molecular complexity index is 628. The van der Waals surface area contributed by atoms with Gasteiger partial charge < -0.3 is 9.47 Å². The van der Waals surface area contributed by atoms with Crippen LogP contribution in [0.25, 0.3) is 0 Å². The molecule has 0 aliphatic carbocycles. The number of anilines is 1. The van der Waals surface area contributed by atoms with Crippen LogP contribution in [-0.2, 0) is 0 Å². The summed E-state index contributed by atoms with van der Waals surface area (Å²) in [7, 11) is 3.20. The van der Waals surface area contributed by atoms with Gasteiger partial charge in [0.15, 0.2) is 11.5 Å². The predicted molar refractivity (Wildman–Crippen MR) is 85.3 cm³/mol. The van der Waals surface area contributed by atoms with Crippen molar-refractivity contribution in [2.45, 2.75) is 6.92 Å². The molecule has 106 valence electrons. The molecule has 0 atom stereocenters. The zero-order valence-electron chi connectivity index (χ0n) is 11.3. The Balaban J connectivity index is 2.23. The lowest BCUT2D eigenvalue weighted by molar-refractivity contribution is 0.354. The zero-order chi connectivity index (χ0) is 14.5. The zero-order valence-corrected chi connectivity index (χ0v) is 13.7. The van der Waals surface area contributed by atoms with Gasteiger partial charge in [0.2, 0.25) is 5.13 Å². The van der Waals surface area contributed by atoms with Crippen LogP contribution < -0.4 is 14.9 Å². The molecule has 0 unspecified atom stereocenters. The van der Waals surface area contributed by atoms with Crippen molar-refractivity contribution < 1.29 is 9.47 Å². The summed E-state index contributed by atoms with van der Waals surface area (Å²) in [6.07, 6.45) is 1.67. The number of benzene rings is 1. The number of rotatable bonds is 5. The molecule has 0 saturated carbocycles. The van der Waals surface area contributed by atoms with E-state index in [4.69, 9.17) is 9.47 Å². The van der Waals surface area contributed by atoms with Crippen molar-refractivity contribution in [3.63, 3.8) is 0 Å². The van der Waals surface area contributed by atoms with E-state index in [-0.39, 0.29) is 0 Å². The number of hydrogen-bond acceptors (Lipinski definition) is 6. The van der Waals surface area contributed by atoms with E-state index in [1.165, 1.54) is 11.3 Å². The van der Waals surface area contributed by atoms with Crippen LogP contribution in [0.15, 0.2) is 27.1 Å². The summed E-state index contributed by atoms with van der Waals surface area (Å²) in [5.74, 6) is 1.28. The number of aromatic nitrogens is 1. The number of thiazole rings is 1. The van der Waals surface area contributed by atoms with Crippen LogP contribution in [0, 0.1) is 6.92 Å². The average Bonchev–Trinajstić information content (AvgIpc) is 2.86. The van der Waals surface area contributed by atoms with E-state index >= 15 is 0 Å². The second kappa shape index (κ2) is 6.71. The molecular formula is C13H14BrN3O2S. The van der Waals surface area contributed by atoms with Gasteiger partial charge in [0, 0.05) is 9.85 Å². The van der Waals surface area contributed by atoms with E-state index in [2.05, 4.69) is 31.4 Å². The molecule has 0 spiro atoms. The van der Waals surface area contributed by atoms with Crippen molar-refractivity contribution in [3.05, 3.63) is 33.2 Å². The van der Waals surface area contributed by atoms with Gasteiger partial charge in [0.1, 0.15) is 0 Å². The molecule has 0 saturated heterocycles. The van der Waals surface area contributed by atoms with Crippen LogP contribution in [0.5, 0.6) is 11.5 Å². The number of hydrazone groups is 1. The quantitative estimate of drug-likeness (QED) is 0.656. The van der Waals surface area contributed by atoms with Crippen LogP contribution in [0.2, 0.25) is 0 Å². The third-order valence-corrected chi connectivity index (χ3v) is 4.06. The minimum absolute atomic E-state index is 0.628. The Kier molecular flexibility index (Phi) is 4.97. The molecule has 1 aromatic heterocycles. The van der Waals surface area contributed by atoms with Crippen molar-refractivity contribution in [1.29, 1.82) is 0 Å². The van der Waals surface area contributed by atoms with E-state index in [1.54, 1.807) is 20.4 Å². The second-order valence-electron chi connectivity index (χ2n) is 3.86. The van der Waals surface area contributed by atoms with Crippen LogP contribution in [0.4, 0.5) is 5.13 Å². The van der Waals surface area contributed by atoms with Crippen molar-refractivity contribution in [3.8, 4) is 11.5 Å². The van der Waals surface area contributed by atoms with Gasteiger partial charge >= 0.3 is 0 Å². The lowest BCUT2D eigenvalue weighted by Crippen LogP contribution is -1.98. The summed E-state index contributed by atoms with van der Waals surface area (Å²) < 4.78 is 11.5. The first-order chi connectivity index (χ1) is 9.65. The molecule has 7 heteroatoms. The van der Waals surface area contributed by atoms with E-state index in [9.17, 15) is 0 Å². The fourth-order valence-electron chi connectivity index (χ4n) is 1.60. The summed E-state index contributed by atoms with van der Waals surface area (Å²) >= 11 is 4.98. The fraction of sp³-hybridized carbons (Fsp3) is 0.231. The molecule has 0 bridgehead atoms. The molecule has 1 aromatic carbocycles. The van der Waals surface area contributed by atoms with Crippen molar-refractivity contribution >= 4 is 38.6 Å². The largest absolute Gasteiger partial charge is 0.493 e. The third-order valence-electron chi connectivity index (χ3n) is 2.50. The Labute approximate surface area is 129 Å². The Morgan fingerprint density at radius 2 is 2.15 bits per heavy atom. The van der Waals surface area contributed by atoms with Crippen LogP contribution in [0.3, 0.4) is 0 Å². The van der Waals surface area contributed by atoms with E-state index < -0.39 is 0 Å². The molecule has 1 heterocycles. The minimum atomic E-state index is 0.628. The maximum Gasteiger partial charge on any atom is 0.203 e. The average molecular weight is 356 g/mol. The molecule has 2 rings (SSSR count). The highest BCUT2D eigenvalue weighted by atomic mass is 79.9. The molecule has 0 radical (unpaired) electrons. The predicted octanol–water partition coefficient (Wildman–Crippen LogP) is 3.68. The number of nitrogens with zero attached hydrogens (tertiary/aromatic N) is 2. The summed E-state index contributed by atoms with van der Waals surface area (Å²) in [5.41, 5.74) is 4.65. The second-order valence-corrected chi connectivity index (χ2v) is 5.57. The van der Waals surface area contributed by atoms with E-state index in [1.807, 2.05) is 24.4 Å². The summed E-state index contributed by atoms with van der Waals surface area (Å²) in [6.45, 7) is 1.94. The summed E-state index contributed by atoms with van der Waals surface area (Å²) in [5, 5.41) is 6.88. The van der Waals surface area contributed by atoms with Gasteiger partial charge in [-0.05, 0) is 35.0 Å². The lowest BCUT2D eigenvalue weighted by Gasteiger charge is -2.11. The normalized spacial score (nSPS) is 10.8. The molecule has 0 fully saturated rings. The summed E-state index contributed by atoms with van der Waals surface area (Å²) in [4.78, 5) is 4.27. The van der Waals surface area contributed by atoms with Gasteiger partial charge in [-0.3, -0.25) is 5.43 Å². The number of aryl methyl sites for hydroxylation is 1. The first-order valence-corrected chi connectivity index (χ1v) is 7.44. The Morgan fingerprint density at radius 1 is 1.35 bits per heavy atom. The van der Waals surface area contributed by atoms with Gasteiger partial charge in [-0.2, -0.15) is 5.10 Å². The van der Waals surface area contributed by atoms with E-state index in [0.717, 1.165) is 20.9 Å². The highest BCUT2D eigenvalue weighted by molar-refractivity contribution is 9.10. The smallest absolute Gasteiger partial charge is 0.203 e. The Hall–Kier alpha value is -1.60. The molecule has 0 aliphatic heterocycles. The van der Waals surface area contributed by atoms with Gasteiger partial charge in [-0.15, -0.1) is 11.3 Å². The van der Waals surface area contributed by atoms with Crippen molar-refractivity contribution in [2.24, 2.45) is 5.10 Å². The Morgan fingerprint density at radius 3 is 2.75 bits per heavy atom. The van der Waals surface area contributed by atoms with Crippen LogP contribution in [0.1, 0.15) is 11.3 Å². The first-order valence-electron chi connectivity index (χ1n) is 5.77. The maximum absolute atomic E-state index is 5.37. The molecular weight excluding hydrogens is 342 g/mol. The molecule has 20 heavy (non-hydrogen) atoms. The monoisotopic (exact) mass is 355 g/mol. The van der Waals surface area contributed by atoms with Crippen LogP contribution in [-0.4, -0.2) is 25.4 Å². The topological polar surface area (TPSA) is 55.7 Å². The number of nitrogens with one attached hydrogen (secondary N) is 1. The molecule has 0 amide bonds. The van der Waals surface area contributed by atoms with Crippen molar-refractivity contribution in [1.82, 2.24) is 4.98 Å². The number of halogens is 1. The molecule has 0 aliphatic rings. The summed E-state index contributed by atoms with van der Waals surface area (Å²) in [6, 6.07) is 3.72. The lowest BCUT2D eigenvalue weighted by atomic mass is 10.2. The number of ether oxygens (including phenoxy) is 2. The molecule has 1 N–H and O–H groups in total. The fourth-order valence-corrected chi connectivity index (χ4v) is 2.66. The van der Waals surface area contributed by atoms with Crippen molar-refractivity contribution in [2.75, 3.05) is 19.6 Å². The third kappa shape index (κ3) is 3.29. The minimum Gasteiger partial charge on any atom is -0.493 e. The van der Waals surface area contributed by atoms with Gasteiger partial charge in [-0.1, -0.05) is 0 Å². The number of hydrogen-bond donors (Lipinski definition) is 1. The van der Waals surface area contributed by atoms with Crippen LogP contribution >= 0.6 is 27.3 Å². The first kappa shape index (κ1) is 14.8. The molecule has 5 nitrogen and oxygen atoms in total. The van der Waals surface area contributed by atoms with Gasteiger partial charge in [0.25, 0.3) is 0 Å². The number of methoxy groups -OCH3 is 2. The maximum atomic E-state index is 5.37. The highest BCUT2D eigenvalue weighted by Gasteiger charge is 2.11. The van der Waals surface area contributed by atoms with Gasteiger partial charge in [-0.25, -0.2) is 4.98 Å². The SMILES string of the molecule is COc1ccc(Br)c(C=NNc2nc(C)cs2)c1OC. The standard InChI is InChI=1S/C13H14BrN3O2S/c1-8-7-20-13(16-8)17-15-6-9-10(14)4-5-11(18-2)12(9)19-3/h4-7H,1-3H3,(H,16,17).